The van der Waals surface area contributed by atoms with E-state index in [9.17, 15) is 14.4 Å². The lowest BCUT2D eigenvalue weighted by atomic mass is 10.2. The summed E-state index contributed by atoms with van der Waals surface area (Å²) in [4.78, 5) is 62.7. The van der Waals surface area contributed by atoms with Crippen molar-refractivity contribution in [2.45, 2.75) is 46.1 Å². The van der Waals surface area contributed by atoms with E-state index in [-0.39, 0.29) is 36.2 Å². The molecule has 1 aliphatic carbocycles. The minimum atomic E-state index is -0.372. The number of imide groups is 1. The highest BCUT2D eigenvalue weighted by molar-refractivity contribution is 6.13. The molecule has 13 nitrogen and oxygen atoms in total. The predicted octanol–water partition coefficient (Wildman–Crippen LogP) is 2.85. The molecule has 2 fully saturated rings. The first kappa shape index (κ1) is 26.3. The van der Waals surface area contributed by atoms with Crippen LogP contribution in [0.25, 0.3) is 5.65 Å². The van der Waals surface area contributed by atoms with E-state index in [1.54, 1.807) is 19.2 Å². The van der Waals surface area contributed by atoms with Gasteiger partial charge in [-0.25, -0.2) is 29.7 Å². The number of carbonyl (C=O) groups is 3. The summed E-state index contributed by atoms with van der Waals surface area (Å²) in [6.07, 6.45) is 7.03. The molecule has 0 radical (unpaired) electrons. The number of nitrogens with one attached hydrogen (secondary N) is 2. The number of imidazole rings is 1. The van der Waals surface area contributed by atoms with Crippen LogP contribution in [0.3, 0.4) is 0 Å². The maximum Gasteiger partial charge on any atom is 0.331 e. The highest BCUT2D eigenvalue weighted by Crippen LogP contribution is 2.46. The molecule has 2 atom stereocenters. The van der Waals surface area contributed by atoms with Gasteiger partial charge < -0.3 is 15.0 Å². The Bertz CT molecular complexity index is 1700. The van der Waals surface area contributed by atoms with Crippen LogP contribution >= 0.6 is 0 Å². The van der Waals surface area contributed by atoms with Crippen LogP contribution in [0, 0.1) is 19.8 Å². The molecule has 210 valence electrons. The lowest BCUT2D eigenvalue weighted by Gasteiger charge is -2.16. The summed E-state index contributed by atoms with van der Waals surface area (Å²) >= 11 is 0. The van der Waals surface area contributed by atoms with Crippen molar-refractivity contribution in [3.8, 4) is 0 Å². The third kappa shape index (κ3) is 5.17. The monoisotopic (exact) mass is 554 g/mol. The molecular weight excluding hydrogens is 524 g/mol. The van der Waals surface area contributed by atoms with Gasteiger partial charge in [0.15, 0.2) is 5.65 Å². The summed E-state index contributed by atoms with van der Waals surface area (Å²) < 4.78 is 1.88. The zero-order valence-electron chi connectivity index (χ0n) is 23.2. The molecule has 0 bridgehead atoms. The van der Waals surface area contributed by atoms with E-state index < -0.39 is 0 Å². The van der Waals surface area contributed by atoms with Gasteiger partial charge in [-0.2, -0.15) is 0 Å². The van der Waals surface area contributed by atoms with Crippen molar-refractivity contribution in [1.82, 2.24) is 34.2 Å². The number of hydrogen-bond acceptors (Lipinski definition) is 9. The number of pyridine rings is 1. The van der Waals surface area contributed by atoms with Crippen LogP contribution in [-0.4, -0.2) is 65.7 Å². The number of anilines is 3. The fraction of sp³-hybridized carbons (Fsp3) is 0.357. The third-order valence-corrected chi connectivity index (χ3v) is 7.33. The van der Waals surface area contributed by atoms with E-state index in [1.807, 2.05) is 42.8 Å². The highest BCUT2D eigenvalue weighted by atomic mass is 16.2. The van der Waals surface area contributed by atoms with Gasteiger partial charge in [-0.15, -0.1) is 0 Å². The average Bonchev–Trinajstić information content (AvgIpc) is 3.58. The normalized spacial score (nSPS) is 18.3. The van der Waals surface area contributed by atoms with Crippen LogP contribution in [0.1, 0.15) is 47.9 Å². The van der Waals surface area contributed by atoms with Crippen molar-refractivity contribution >= 4 is 40.8 Å². The lowest BCUT2D eigenvalue weighted by Crippen LogP contribution is -2.30. The van der Waals surface area contributed by atoms with Crippen LogP contribution in [0.4, 0.5) is 22.1 Å². The van der Waals surface area contributed by atoms with Crippen LogP contribution in [-0.2, 0) is 22.6 Å². The van der Waals surface area contributed by atoms with Crippen LogP contribution in [0.5, 0.6) is 0 Å². The topological polar surface area (TPSA) is 151 Å². The van der Waals surface area contributed by atoms with Gasteiger partial charge in [0.05, 0.1) is 17.9 Å². The number of hydrogen-bond donors (Lipinski definition) is 2. The minimum Gasteiger partial charge on any atom is -0.364 e. The fourth-order valence-corrected chi connectivity index (χ4v) is 4.99. The predicted molar refractivity (Wildman–Crippen MR) is 150 cm³/mol. The standard InChI is InChI=1S/C28H30N10O3/c1-5-17-8-21(38-14-24(39)36(4)28(38)41)26-34-18(13-37(26)12-17)11-30-22-10-23(33-16(3)32-22)35-27(40)20-9-19(20)25-29-7-6-15(2)31-25/h6-8,10,12-13,19-20H,5,9,11,14H2,1-4H3,(H2,30,32,33,35,40). The van der Waals surface area contributed by atoms with Gasteiger partial charge >= 0.3 is 6.03 Å². The van der Waals surface area contributed by atoms with E-state index in [0.717, 1.165) is 22.6 Å². The van der Waals surface area contributed by atoms with Crippen molar-refractivity contribution in [3.05, 3.63) is 65.4 Å². The van der Waals surface area contributed by atoms with Crippen molar-refractivity contribution in [2.24, 2.45) is 5.92 Å². The van der Waals surface area contributed by atoms with Crippen molar-refractivity contribution < 1.29 is 14.4 Å². The molecule has 0 aromatic carbocycles. The second-order valence-electron chi connectivity index (χ2n) is 10.4. The van der Waals surface area contributed by atoms with Gasteiger partial charge in [0.1, 0.15) is 29.8 Å². The largest absolute Gasteiger partial charge is 0.364 e. The second-order valence-corrected chi connectivity index (χ2v) is 10.4. The number of urea groups is 1. The quantitative estimate of drug-likeness (QED) is 0.313. The molecule has 4 amide bonds. The Hall–Kier alpha value is -4.94. The molecule has 2 N–H and O–H groups in total. The number of carbonyl (C=O) groups excluding carboxylic acids is 3. The van der Waals surface area contributed by atoms with Gasteiger partial charge in [0.25, 0.3) is 0 Å². The van der Waals surface area contributed by atoms with Crippen molar-refractivity contribution in [1.29, 1.82) is 0 Å². The minimum absolute atomic E-state index is 0.0120. The Balaban J connectivity index is 1.16. The molecule has 5 heterocycles. The van der Waals surface area contributed by atoms with E-state index in [4.69, 9.17) is 4.98 Å². The molecule has 2 unspecified atom stereocenters. The fourth-order valence-electron chi connectivity index (χ4n) is 4.99. The molecule has 4 aromatic heterocycles. The van der Waals surface area contributed by atoms with Crippen LogP contribution < -0.4 is 15.5 Å². The maximum absolute atomic E-state index is 12.9. The number of likely N-dealkylation sites (N-methyl/N-ethyl adjacent to an activating group) is 1. The molecule has 13 heteroatoms. The molecular formula is C28H30N10O3. The lowest BCUT2D eigenvalue weighted by molar-refractivity contribution is -0.124. The first-order valence-electron chi connectivity index (χ1n) is 13.5. The first-order chi connectivity index (χ1) is 19.7. The Labute approximate surface area is 236 Å². The van der Waals surface area contributed by atoms with Gasteiger partial charge in [-0.3, -0.25) is 19.4 Å². The molecule has 1 saturated carbocycles. The first-order valence-corrected chi connectivity index (χ1v) is 13.5. The van der Waals surface area contributed by atoms with Gasteiger partial charge in [0, 0.05) is 49.2 Å². The second kappa shape index (κ2) is 10.2. The number of amides is 4. The average molecular weight is 555 g/mol. The van der Waals surface area contributed by atoms with E-state index in [2.05, 4.69) is 30.6 Å². The maximum atomic E-state index is 12.9. The summed E-state index contributed by atoms with van der Waals surface area (Å²) in [6.45, 7) is 6.02. The summed E-state index contributed by atoms with van der Waals surface area (Å²) in [6, 6.07) is 5.05. The molecule has 2 aliphatic rings. The Morgan fingerprint density at radius 3 is 2.61 bits per heavy atom. The van der Waals surface area contributed by atoms with Gasteiger partial charge in [0.2, 0.25) is 11.8 Å². The Morgan fingerprint density at radius 2 is 1.88 bits per heavy atom. The zero-order chi connectivity index (χ0) is 28.8. The number of fused-ring (bicyclic) bond motifs is 1. The van der Waals surface area contributed by atoms with Crippen LogP contribution in [0.15, 0.2) is 36.8 Å². The summed E-state index contributed by atoms with van der Waals surface area (Å²) in [5, 5.41) is 6.17. The van der Waals surface area contributed by atoms with Crippen molar-refractivity contribution in [3.63, 3.8) is 0 Å². The summed E-state index contributed by atoms with van der Waals surface area (Å²) in [5.74, 6) is 1.59. The Morgan fingerprint density at radius 1 is 1.07 bits per heavy atom. The number of aromatic nitrogens is 6. The molecule has 0 spiro atoms. The van der Waals surface area contributed by atoms with E-state index >= 15 is 0 Å². The van der Waals surface area contributed by atoms with Gasteiger partial charge in [-0.05, 0) is 44.4 Å². The molecule has 1 saturated heterocycles. The summed E-state index contributed by atoms with van der Waals surface area (Å²) in [7, 11) is 1.48. The van der Waals surface area contributed by atoms with E-state index in [0.29, 0.717) is 53.3 Å². The third-order valence-electron chi connectivity index (χ3n) is 7.33. The van der Waals surface area contributed by atoms with Crippen LogP contribution in [0.2, 0.25) is 0 Å². The smallest absolute Gasteiger partial charge is 0.331 e. The van der Waals surface area contributed by atoms with E-state index in [1.165, 1.54) is 11.9 Å². The summed E-state index contributed by atoms with van der Waals surface area (Å²) in [5.41, 5.74) is 3.78. The Kier molecular flexibility index (Phi) is 6.56. The molecule has 4 aromatic rings. The molecule has 41 heavy (non-hydrogen) atoms. The molecule has 6 rings (SSSR count). The van der Waals surface area contributed by atoms with Crippen molar-refractivity contribution in [2.75, 3.05) is 29.1 Å². The van der Waals surface area contributed by atoms with Gasteiger partial charge in [-0.1, -0.05) is 6.92 Å². The zero-order valence-corrected chi connectivity index (χ0v) is 23.2. The highest BCUT2D eigenvalue weighted by Gasteiger charge is 2.46. The molecule has 1 aliphatic heterocycles. The number of rotatable bonds is 8. The number of nitrogens with zero attached hydrogens (tertiary/aromatic N) is 8. The SMILES string of the molecule is CCc1cc(N2CC(=O)N(C)C2=O)c2nc(CNc3cc(NC(=O)C4CC4c4nccc(C)n4)nc(C)n3)cn2c1. The number of aryl methyl sites for hydroxylation is 3.